The first-order valence-electron chi connectivity index (χ1n) is 4.27. The largest absolute Gasteiger partial charge is 0.461 e. The Balaban J connectivity index is 2.83. The smallest absolute Gasteiger partial charge is 0.270 e. The molecule has 2 rings (SSSR count). The number of benzene rings is 1. The highest BCUT2D eigenvalue weighted by Crippen LogP contribution is 2.18. The van der Waals surface area contributed by atoms with E-state index in [0.717, 1.165) is 0 Å². The second kappa shape index (κ2) is 3.20. The minimum Gasteiger partial charge on any atom is -0.461 e. The van der Waals surface area contributed by atoms with Gasteiger partial charge >= 0.3 is 0 Å². The van der Waals surface area contributed by atoms with Crippen LogP contribution in [0.15, 0.2) is 33.5 Å². The number of nitro groups is 1. The molecule has 0 saturated carbocycles. The minimum absolute atomic E-state index is 0.112. The Hall–Kier alpha value is -2.17. The molecule has 0 saturated heterocycles. The van der Waals surface area contributed by atoms with E-state index in [2.05, 4.69) is 0 Å². The Labute approximate surface area is 84.1 Å². The molecule has 0 N–H and O–H groups in total. The molecule has 1 aromatic heterocycles. The van der Waals surface area contributed by atoms with Gasteiger partial charge in [-0.2, -0.15) is 0 Å². The molecule has 1 heterocycles. The lowest BCUT2D eigenvalue weighted by Gasteiger charge is -1.97. The molecular weight excluding hydrogens is 198 g/mol. The maximum atomic E-state index is 11.5. The predicted molar refractivity (Wildman–Crippen MR) is 53.9 cm³/mol. The van der Waals surface area contributed by atoms with E-state index in [4.69, 9.17) is 4.42 Å². The molecule has 0 aliphatic rings. The van der Waals surface area contributed by atoms with Crippen molar-refractivity contribution in [3.05, 3.63) is 50.4 Å². The van der Waals surface area contributed by atoms with Crippen LogP contribution in [0.1, 0.15) is 5.76 Å². The molecule has 0 fully saturated rings. The minimum atomic E-state index is -0.543. The monoisotopic (exact) mass is 205 g/mol. The predicted octanol–water partition coefficient (Wildman–Crippen LogP) is 2.01. The van der Waals surface area contributed by atoms with Gasteiger partial charge in [0.05, 0.1) is 10.3 Å². The molecule has 0 atom stereocenters. The Morgan fingerprint density at radius 2 is 2.07 bits per heavy atom. The number of fused-ring (bicyclic) bond motifs is 1. The molecule has 0 aliphatic heterocycles. The standard InChI is InChI=1S/C10H7NO4/c1-6-4-9(12)8-5-7(11(13)14)2-3-10(8)15-6/h2-5H,1H3. The number of aryl methyl sites for hydroxylation is 1. The summed E-state index contributed by atoms with van der Waals surface area (Å²) in [4.78, 5) is 21.4. The summed E-state index contributed by atoms with van der Waals surface area (Å²) >= 11 is 0. The van der Waals surface area contributed by atoms with Crippen LogP contribution in [0.4, 0.5) is 5.69 Å². The van der Waals surface area contributed by atoms with Crippen LogP contribution in [0, 0.1) is 17.0 Å². The van der Waals surface area contributed by atoms with Crippen LogP contribution in [0.25, 0.3) is 11.0 Å². The summed E-state index contributed by atoms with van der Waals surface area (Å²) in [5.74, 6) is 0.487. The second-order valence-electron chi connectivity index (χ2n) is 3.16. The molecule has 0 bridgehead atoms. The average Bonchev–Trinajstić information content (AvgIpc) is 2.16. The van der Waals surface area contributed by atoms with E-state index in [1.54, 1.807) is 6.92 Å². The lowest BCUT2D eigenvalue weighted by atomic mass is 10.2. The van der Waals surface area contributed by atoms with Crippen LogP contribution in [0.5, 0.6) is 0 Å². The van der Waals surface area contributed by atoms with E-state index in [1.165, 1.54) is 24.3 Å². The summed E-state index contributed by atoms with van der Waals surface area (Å²) in [5, 5.41) is 10.7. The van der Waals surface area contributed by atoms with Gasteiger partial charge < -0.3 is 4.42 Å². The Morgan fingerprint density at radius 1 is 1.33 bits per heavy atom. The summed E-state index contributed by atoms with van der Waals surface area (Å²) in [6.07, 6.45) is 0. The fourth-order valence-corrected chi connectivity index (χ4v) is 1.38. The van der Waals surface area contributed by atoms with Crippen molar-refractivity contribution in [1.82, 2.24) is 0 Å². The summed E-state index contributed by atoms with van der Waals surface area (Å²) in [6.45, 7) is 1.66. The number of nitro benzene ring substituents is 1. The van der Waals surface area contributed by atoms with E-state index in [9.17, 15) is 14.9 Å². The number of hydrogen-bond donors (Lipinski definition) is 0. The summed E-state index contributed by atoms with van der Waals surface area (Å²) in [7, 11) is 0. The van der Waals surface area contributed by atoms with Gasteiger partial charge in [-0.15, -0.1) is 0 Å². The first-order valence-corrected chi connectivity index (χ1v) is 4.27. The lowest BCUT2D eigenvalue weighted by Crippen LogP contribution is -2.01. The molecule has 1 aromatic carbocycles. The van der Waals surface area contributed by atoms with Crippen LogP contribution in [0.3, 0.4) is 0 Å². The van der Waals surface area contributed by atoms with Gasteiger partial charge in [-0.25, -0.2) is 0 Å². The summed E-state index contributed by atoms with van der Waals surface area (Å²) in [6, 6.07) is 5.28. The molecule has 2 aromatic rings. The molecule has 5 nitrogen and oxygen atoms in total. The zero-order chi connectivity index (χ0) is 11.0. The van der Waals surface area contributed by atoms with Crippen molar-refractivity contribution >= 4 is 16.7 Å². The third kappa shape index (κ3) is 1.59. The second-order valence-corrected chi connectivity index (χ2v) is 3.16. The van der Waals surface area contributed by atoms with Crippen LogP contribution < -0.4 is 5.43 Å². The number of rotatable bonds is 1. The van der Waals surface area contributed by atoms with Crippen LogP contribution in [0.2, 0.25) is 0 Å². The lowest BCUT2D eigenvalue weighted by molar-refractivity contribution is -0.384. The van der Waals surface area contributed by atoms with Crippen LogP contribution in [-0.2, 0) is 0 Å². The highest BCUT2D eigenvalue weighted by atomic mass is 16.6. The van der Waals surface area contributed by atoms with Gasteiger partial charge in [-0.05, 0) is 13.0 Å². The Kier molecular flexibility index (Phi) is 2.00. The first-order chi connectivity index (χ1) is 7.08. The normalized spacial score (nSPS) is 10.5. The summed E-state index contributed by atoms with van der Waals surface area (Å²) < 4.78 is 5.25. The van der Waals surface area contributed by atoms with E-state index in [-0.39, 0.29) is 16.5 Å². The van der Waals surface area contributed by atoms with Gasteiger partial charge in [0.25, 0.3) is 5.69 Å². The van der Waals surface area contributed by atoms with Crippen molar-refractivity contribution in [2.24, 2.45) is 0 Å². The molecule has 0 aliphatic carbocycles. The van der Waals surface area contributed by atoms with Crippen molar-refractivity contribution in [3.8, 4) is 0 Å². The van der Waals surface area contributed by atoms with E-state index in [0.29, 0.717) is 11.3 Å². The summed E-state index contributed by atoms with van der Waals surface area (Å²) in [5.41, 5.74) is -0.0123. The molecule has 0 radical (unpaired) electrons. The van der Waals surface area contributed by atoms with E-state index < -0.39 is 4.92 Å². The zero-order valence-corrected chi connectivity index (χ0v) is 7.89. The molecule has 0 amide bonds. The average molecular weight is 205 g/mol. The number of hydrogen-bond acceptors (Lipinski definition) is 4. The molecule has 15 heavy (non-hydrogen) atoms. The van der Waals surface area contributed by atoms with Crippen molar-refractivity contribution in [2.75, 3.05) is 0 Å². The molecular formula is C10H7NO4. The number of nitrogens with zero attached hydrogens (tertiary/aromatic N) is 1. The quantitative estimate of drug-likeness (QED) is 0.527. The maximum absolute atomic E-state index is 11.5. The molecule has 0 spiro atoms. The van der Waals surface area contributed by atoms with Gasteiger partial charge in [-0.3, -0.25) is 14.9 Å². The maximum Gasteiger partial charge on any atom is 0.270 e. The third-order valence-electron chi connectivity index (χ3n) is 2.04. The Morgan fingerprint density at radius 3 is 2.73 bits per heavy atom. The fourth-order valence-electron chi connectivity index (χ4n) is 1.38. The van der Waals surface area contributed by atoms with Gasteiger partial charge in [0, 0.05) is 18.2 Å². The SMILES string of the molecule is Cc1cc(=O)c2cc([N+](=O)[O-])ccc2o1. The van der Waals surface area contributed by atoms with E-state index in [1.807, 2.05) is 0 Å². The van der Waals surface area contributed by atoms with Gasteiger partial charge in [0.1, 0.15) is 11.3 Å². The fraction of sp³-hybridized carbons (Fsp3) is 0.100. The van der Waals surface area contributed by atoms with Crippen molar-refractivity contribution in [2.45, 2.75) is 6.92 Å². The Bertz CT molecular complexity index is 600. The van der Waals surface area contributed by atoms with Crippen LogP contribution >= 0.6 is 0 Å². The van der Waals surface area contributed by atoms with Crippen molar-refractivity contribution in [3.63, 3.8) is 0 Å². The highest BCUT2D eigenvalue weighted by molar-refractivity contribution is 5.79. The first kappa shape index (κ1) is 9.39. The molecule has 76 valence electrons. The van der Waals surface area contributed by atoms with Gasteiger partial charge in [0.2, 0.25) is 0 Å². The van der Waals surface area contributed by atoms with Crippen LogP contribution in [-0.4, -0.2) is 4.92 Å². The van der Waals surface area contributed by atoms with E-state index >= 15 is 0 Å². The third-order valence-corrected chi connectivity index (χ3v) is 2.04. The highest BCUT2D eigenvalue weighted by Gasteiger charge is 2.09. The zero-order valence-electron chi connectivity index (χ0n) is 7.89. The molecule has 0 unspecified atom stereocenters. The van der Waals surface area contributed by atoms with Gasteiger partial charge in [0.15, 0.2) is 5.43 Å². The number of non-ortho nitro benzene ring substituents is 1. The van der Waals surface area contributed by atoms with Crippen molar-refractivity contribution in [1.29, 1.82) is 0 Å². The topological polar surface area (TPSA) is 73.3 Å². The van der Waals surface area contributed by atoms with Gasteiger partial charge in [-0.1, -0.05) is 0 Å². The van der Waals surface area contributed by atoms with Crippen molar-refractivity contribution < 1.29 is 9.34 Å². The molecule has 5 heteroatoms.